The molecule has 0 saturated carbocycles. The van der Waals surface area contributed by atoms with Gasteiger partial charge in [0.25, 0.3) is 5.69 Å². The smallest absolute Gasteiger partial charge is 0.258 e. The van der Waals surface area contributed by atoms with Gasteiger partial charge < -0.3 is 0 Å². The molecule has 0 aromatic heterocycles. The lowest BCUT2D eigenvalue weighted by molar-refractivity contribution is -0.385. The first-order chi connectivity index (χ1) is 7.20. The minimum atomic E-state index is -0.308. The fourth-order valence-corrected chi connectivity index (χ4v) is 2.13. The molecule has 0 amide bonds. The van der Waals surface area contributed by atoms with Crippen molar-refractivity contribution in [3.63, 3.8) is 0 Å². The Hall–Kier alpha value is -1.64. The molecule has 1 unspecified atom stereocenters. The van der Waals surface area contributed by atoms with E-state index in [1.807, 2.05) is 13.0 Å². The first kappa shape index (κ1) is 9.90. The summed E-state index contributed by atoms with van der Waals surface area (Å²) in [6.45, 7) is 1.83. The van der Waals surface area contributed by atoms with Crippen LogP contribution >= 0.6 is 0 Å². The van der Waals surface area contributed by atoms with Crippen LogP contribution in [0.4, 0.5) is 5.69 Å². The van der Waals surface area contributed by atoms with Gasteiger partial charge in [-0.15, -0.1) is 0 Å². The highest BCUT2D eigenvalue weighted by molar-refractivity contribution is 5.47. The van der Waals surface area contributed by atoms with E-state index in [0.29, 0.717) is 5.92 Å². The maximum Gasteiger partial charge on any atom is 0.272 e. The van der Waals surface area contributed by atoms with Gasteiger partial charge in [0.05, 0.1) is 4.92 Å². The van der Waals surface area contributed by atoms with E-state index in [0.717, 1.165) is 24.0 Å². The van der Waals surface area contributed by atoms with Crippen LogP contribution < -0.4 is 0 Å². The highest BCUT2D eigenvalue weighted by Crippen LogP contribution is 2.33. The second-order valence-electron chi connectivity index (χ2n) is 3.86. The lowest BCUT2D eigenvalue weighted by atomic mass is 9.93. The Bertz CT molecular complexity index is 424. The average molecular weight is 203 g/mol. The number of benzene rings is 1. The summed E-state index contributed by atoms with van der Waals surface area (Å²) in [4.78, 5) is 10.5. The van der Waals surface area contributed by atoms with Gasteiger partial charge in [-0.1, -0.05) is 24.3 Å². The Balaban J connectivity index is 2.43. The molecule has 0 heterocycles. The van der Waals surface area contributed by atoms with Crippen molar-refractivity contribution in [2.45, 2.75) is 25.7 Å². The predicted molar refractivity (Wildman–Crippen MR) is 58.9 cm³/mol. The predicted octanol–water partition coefficient (Wildman–Crippen LogP) is 3.34. The Morgan fingerprint density at radius 3 is 2.87 bits per heavy atom. The van der Waals surface area contributed by atoms with Crippen LogP contribution in [-0.2, 0) is 0 Å². The quantitative estimate of drug-likeness (QED) is 0.420. The molecule has 0 N–H and O–H groups in total. The normalized spacial score (nSPS) is 19.4. The van der Waals surface area contributed by atoms with E-state index >= 15 is 0 Å². The third-order valence-electron chi connectivity index (χ3n) is 2.96. The summed E-state index contributed by atoms with van der Waals surface area (Å²) < 4.78 is 0. The Kier molecular flexibility index (Phi) is 2.54. The molecule has 3 nitrogen and oxygen atoms in total. The lowest BCUT2D eigenvalue weighted by Crippen LogP contribution is -1.99. The molecule has 1 aliphatic carbocycles. The van der Waals surface area contributed by atoms with Gasteiger partial charge in [-0.25, -0.2) is 0 Å². The average Bonchev–Trinajstić information content (AvgIpc) is 2.70. The van der Waals surface area contributed by atoms with Crippen LogP contribution in [0.25, 0.3) is 0 Å². The molecule has 0 radical (unpaired) electrons. The minimum absolute atomic E-state index is 0.229. The molecule has 1 aromatic carbocycles. The Morgan fingerprint density at radius 2 is 2.27 bits per heavy atom. The molecule has 78 valence electrons. The molecule has 0 bridgehead atoms. The summed E-state index contributed by atoms with van der Waals surface area (Å²) in [6.07, 6.45) is 6.43. The topological polar surface area (TPSA) is 43.1 Å². The van der Waals surface area contributed by atoms with Crippen molar-refractivity contribution in [3.8, 4) is 0 Å². The van der Waals surface area contributed by atoms with Gasteiger partial charge >= 0.3 is 0 Å². The van der Waals surface area contributed by atoms with Crippen LogP contribution in [0.3, 0.4) is 0 Å². The third kappa shape index (κ3) is 1.77. The Morgan fingerprint density at radius 1 is 1.47 bits per heavy atom. The molecule has 1 atom stereocenters. The zero-order chi connectivity index (χ0) is 10.8. The second-order valence-corrected chi connectivity index (χ2v) is 3.86. The second kappa shape index (κ2) is 3.85. The summed E-state index contributed by atoms with van der Waals surface area (Å²) in [5.74, 6) is 0.366. The number of nitro benzene ring substituents is 1. The zero-order valence-corrected chi connectivity index (χ0v) is 8.64. The van der Waals surface area contributed by atoms with E-state index in [9.17, 15) is 10.1 Å². The summed E-state index contributed by atoms with van der Waals surface area (Å²) in [7, 11) is 0. The van der Waals surface area contributed by atoms with E-state index in [4.69, 9.17) is 0 Å². The monoisotopic (exact) mass is 203 g/mol. The molecular weight excluding hydrogens is 190 g/mol. The third-order valence-corrected chi connectivity index (χ3v) is 2.96. The number of allylic oxidation sites excluding steroid dienone is 2. The molecule has 0 aliphatic heterocycles. The van der Waals surface area contributed by atoms with Crippen molar-refractivity contribution in [1.82, 2.24) is 0 Å². The Labute approximate surface area is 88.6 Å². The molecule has 3 heteroatoms. The van der Waals surface area contributed by atoms with Gasteiger partial charge in [0, 0.05) is 17.5 Å². The van der Waals surface area contributed by atoms with Gasteiger partial charge in [0.15, 0.2) is 0 Å². The maximum absolute atomic E-state index is 10.8. The van der Waals surface area contributed by atoms with Crippen LogP contribution in [0.5, 0.6) is 0 Å². The molecule has 2 rings (SSSR count). The van der Waals surface area contributed by atoms with Crippen molar-refractivity contribution < 1.29 is 4.92 Å². The summed E-state index contributed by atoms with van der Waals surface area (Å²) in [5.41, 5.74) is 2.13. The summed E-state index contributed by atoms with van der Waals surface area (Å²) in [5, 5.41) is 10.8. The fraction of sp³-hybridized carbons (Fsp3) is 0.333. The number of rotatable bonds is 2. The van der Waals surface area contributed by atoms with Crippen LogP contribution in [0.2, 0.25) is 0 Å². The van der Waals surface area contributed by atoms with Crippen molar-refractivity contribution in [2.24, 2.45) is 0 Å². The van der Waals surface area contributed by atoms with Crippen LogP contribution in [-0.4, -0.2) is 4.92 Å². The van der Waals surface area contributed by atoms with Gasteiger partial charge in [-0.3, -0.25) is 10.1 Å². The van der Waals surface area contributed by atoms with Gasteiger partial charge in [-0.2, -0.15) is 0 Å². The van der Waals surface area contributed by atoms with Gasteiger partial charge in [0.2, 0.25) is 0 Å². The SMILES string of the molecule is Cc1c(C2C=CCC2)cccc1[N+](=O)[O-]. The maximum atomic E-state index is 10.8. The highest BCUT2D eigenvalue weighted by Gasteiger charge is 2.19. The fourth-order valence-electron chi connectivity index (χ4n) is 2.13. The molecule has 0 spiro atoms. The molecule has 15 heavy (non-hydrogen) atoms. The van der Waals surface area contributed by atoms with Crippen molar-refractivity contribution in [1.29, 1.82) is 0 Å². The van der Waals surface area contributed by atoms with Gasteiger partial charge in [-0.05, 0) is 25.3 Å². The standard InChI is InChI=1S/C12H13NO2/c1-9-11(10-5-2-3-6-10)7-4-8-12(9)13(14)15/h2,4-5,7-8,10H,3,6H2,1H3. The molecule has 0 saturated heterocycles. The summed E-state index contributed by atoms with van der Waals surface area (Å²) >= 11 is 0. The van der Waals surface area contributed by atoms with Crippen LogP contribution in [0.15, 0.2) is 30.4 Å². The summed E-state index contributed by atoms with van der Waals surface area (Å²) in [6, 6.07) is 5.33. The highest BCUT2D eigenvalue weighted by atomic mass is 16.6. The lowest BCUT2D eigenvalue weighted by Gasteiger charge is -2.11. The first-order valence-corrected chi connectivity index (χ1v) is 5.10. The molecular formula is C12H13NO2. The van der Waals surface area contributed by atoms with E-state index in [1.165, 1.54) is 0 Å². The number of hydrogen-bond acceptors (Lipinski definition) is 2. The van der Waals surface area contributed by atoms with Crippen LogP contribution in [0.1, 0.15) is 29.9 Å². The number of nitro groups is 1. The van der Waals surface area contributed by atoms with Crippen molar-refractivity contribution in [3.05, 3.63) is 51.6 Å². The first-order valence-electron chi connectivity index (χ1n) is 5.10. The van der Waals surface area contributed by atoms with Crippen molar-refractivity contribution >= 4 is 5.69 Å². The molecule has 1 aliphatic rings. The number of nitrogens with zero attached hydrogens (tertiary/aromatic N) is 1. The molecule has 1 aromatic rings. The number of hydrogen-bond donors (Lipinski definition) is 0. The zero-order valence-electron chi connectivity index (χ0n) is 8.64. The van der Waals surface area contributed by atoms with E-state index < -0.39 is 0 Å². The largest absolute Gasteiger partial charge is 0.272 e. The molecule has 0 fully saturated rings. The van der Waals surface area contributed by atoms with E-state index in [1.54, 1.807) is 12.1 Å². The van der Waals surface area contributed by atoms with Crippen LogP contribution in [0, 0.1) is 17.0 Å². The van der Waals surface area contributed by atoms with Crippen molar-refractivity contribution in [2.75, 3.05) is 0 Å². The van der Waals surface area contributed by atoms with E-state index in [2.05, 4.69) is 12.2 Å². The van der Waals surface area contributed by atoms with Gasteiger partial charge in [0.1, 0.15) is 0 Å². The van der Waals surface area contributed by atoms with E-state index in [-0.39, 0.29) is 10.6 Å². The minimum Gasteiger partial charge on any atom is -0.258 e.